The van der Waals surface area contributed by atoms with Gasteiger partial charge in [-0.1, -0.05) is 43.9 Å². The van der Waals surface area contributed by atoms with Crippen LogP contribution in [0.4, 0.5) is 0 Å². The van der Waals surface area contributed by atoms with E-state index in [-0.39, 0.29) is 18.9 Å². The van der Waals surface area contributed by atoms with E-state index in [2.05, 4.69) is 19.6 Å². The number of rotatable bonds is 11. The zero-order chi connectivity index (χ0) is 23.5. The fourth-order valence-corrected chi connectivity index (χ4v) is 5.78. The fraction of sp³-hybridized carbons (Fsp3) is 0.714. The largest absolute Gasteiger partial charge is 0.377 e. The van der Waals surface area contributed by atoms with Crippen molar-refractivity contribution in [1.82, 2.24) is 4.31 Å². The van der Waals surface area contributed by atoms with Gasteiger partial charge in [-0.3, -0.25) is 4.55 Å². The molecule has 0 aromatic heterocycles. The van der Waals surface area contributed by atoms with Gasteiger partial charge in [0.15, 0.2) is 0 Å². The Hall–Kier alpha value is -0.623. The molecular formula is C21H37NO6S2Si. The first-order chi connectivity index (χ1) is 14.1. The molecule has 1 N–H and O–H groups in total. The molecule has 0 aliphatic carbocycles. The summed E-state index contributed by atoms with van der Waals surface area (Å²) in [7, 11) is -6.54. The van der Waals surface area contributed by atoms with E-state index in [1.165, 1.54) is 0 Å². The minimum Gasteiger partial charge on any atom is -0.377 e. The van der Waals surface area contributed by atoms with Gasteiger partial charge in [0.25, 0.3) is 10.1 Å². The van der Waals surface area contributed by atoms with Crippen LogP contribution < -0.4 is 0 Å². The van der Waals surface area contributed by atoms with E-state index in [1.807, 2.05) is 49.3 Å². The maximum Gasteiger partial charge on any atom is 0.265 e. The summed E-state index contributed by atoms with van der Waals surface area (Å²) in [6, 6.07) is 8.60. The van der Waals surface area contributed by atoms with E-state index in [9.17, 15) is 12.6 Å². The predicted molar refractivity (Wildman–Crippen MR) is 128 cm³/mol. The normalized spacial score (nSPS) is 18.1. The lowest BCUT2D eigenvalue weighted by Gasteiger charge is -2.50. The van der Waals surface area contributed by atoms with Gasteiger partial charge in [-0.15, -0.1) is 0 Å². The third-order valence-electron chi connectivity index (χ3n) is 5.23. The lowest BCUT2D eigenvalue weighted by molar-refractivity contribution is -0.138. The summed E-state index contributed by atoms with van der Waals surface area (Å²) in [6.07, 6.45) is 0.236. The molecule has 0 saturated carbocycles. The highest BCUT2D eigenvalue weighted by Crippen LogP contribution is 2.39. The van der Waals surface area contributed by atoms with Crippen LogP contribution in [0.15, 0.2) is 24.3 Å². The number of benzene rings is 1. The molecule has 0 spiro atoms. The molecule has 0 amide bonds. The van der Waals surface area contributed by atoms with Crippen LogP contribution in [0.2, 0.25) is 25.7 Å². The van der Waals surface area contributed by atoms with Crippen LogP contribution in [0.3, 0.4) is 0 Å². The van der Waals surface area contributed by atoms with E-state index in [0.717, 1.165) is 17.2 Å². The van der Waals surface area contributed by atoms with Gasteiger partial charge in [0, 0.05) is 14.7 Å². The van der Waals surface area contributed by atoms with E-state index in [1.54, 1.807) is 0 Å². The molecule has 31 heavy (non-hydrogen) atoms. The van der Waals surface area contributed by atoms with Gasteiger partial charge in [-0.25, -0.2) is 4.21 Å². The maximum absolute atomic E-state index is 13.5. The quantitative estimate of drug-likeness (QED) is 0.221. The third-order valence-corrected chi connectivity index (χ3v) is 9.56. The maximum atomic E-state index is 13.5. The van der Waals surface area contributed by atoms with Crippen LogP contribution in [0.1, 0.15) is 31.9 Å². The van der Waals surface area contributed by atoms with Crippen LogP contribution in [0.5, 0.6) is 0 Å². The summed E-state index contributed by atoms with van der Waals surface area (Å²) in [6.45, 7) is 14.5. The summed E-state index contributed by atoms with van der Waals surface area (Å²) < 4.78 is 57.5. The van der Waals surface area contributed by atoms with Gasteiger partial charge in [-0.05, 0) is 44.4 Å². The zero-order valence-corrected chi connectivity index (χ0v) is 22.1. The Balaban J connectivity index is 2.23. The van der Waals surface area contributed by atoms with E-state index < -0.39 is 39.5 Å². The molecule has 1 unspecified atom stereocenters. The monoisotopic (exact) mass is 491 g/mol. The van der Waals surface area contributed by atoms with Gasteiger partial charge in [-0.2, -0.15) is 12.7 Å². The van der Waals surface area contributed by atoms with Gasteiger partial charge in [0.2, 0.25) is 0 Å². The highest BCUT2D eigenvalue weighted by molar-refractivity contribution is 7.85. The highest BCUT2D eigenvalue weighted by atomic mass is 32.2. The number of aryl methyl sites for hydroxylation is 1. The smallest absolute Gasteiger partial charge is 0.265 e. The summed E-state index contributed by atoms with van der Waals surface area (Å²) >= 11 is 0. The van der Waals surface area contributed by atoms with Gasteiger partial charge < -0.3 is 9.47 Å². The van der Waals surface area contributed by atoms with Crippen LogP contribution in [0.25, 0.3) is 0 Å². The topological polar surface area (TPSA) is 93.1 Å². The van der Waals surface area contributed by atoms with Crippen LogP contribution in [-0.2, 0) is 42.5 Å². The average Bonchev–Trinajstić information content (AvgIpc) is 2.59. The molecule has 1 atom stereocenters. The molecule has 2 rings (SSSR count). The molecule has 1 aromatic carbocycles. The lowest BCUT2D eigenvalue weighted by atomic mass is 9.87. The molecule has 1 saturated heterocycles. The molecule has 1 aliphatic rings. The molecule has 1 aliphatic heterocycles. The first kappa shape index (κ1) is 26.6. The summed E-state index contributed by atoms with van der Waals surface area (Å²) in [5.74, 6) is -0.314. The van der Waals surface area contributed by atoms with Crippen LogP contribution >= 0.6 is 0 Å². The molecule has 1 fully saturated rings. The summed E-state index contributed by atoms with van der Waals surface area (Å²) in [5, 5.41) is 0. The highest BCUT2D eigenvalue weighted by Gasteiger charge is 2.50. The van der Waals surface area contributed by atoms with Crippen molar-refractivity contribution in [3.63, 3.8) is 0 Å². The minimum atomic E-state index is -4.00. The van der Waals surface area contributed by atoms with Gasteiger partial charge in [0.05, 0.1) is 23.7 Å². The minimum absolute atomic E-state index is 0.236. The summed E-state index contributed by atoms with van der Waals surface area (Å²) in [5.41, 5.74) is 1.21. The summed E-state index contributed by atoms with van der Waals surface area (Å²) in [4.78, 5) is 0. The Morgan fingerprint density at radius 1 is 1.19 bits per heavy atom. The average molecular weight is 492 g/mol. The van der Waals surface area contributed by atoms with Crippen molar-refractivity contribution >= 4 is 29.2 Å². The standard InChI is InChI=1S/C21H37NO6S2Si/c1-20(2,3)29(23)22(17-27-12-14-31(4,5)6)21(15-28-16-21)19-9-7-18(8-10-19)11-13-30(24,25)26/h7-10H,11-17H2,1-6H3,(H,24,25,26). The SMILES string of the molecule is CC(C)(C)S(=O)N(COCC[Si](C)(C)C)C1(c2ccc(CCS(=O)(=O)O)cc2)COC1. The Bertz CT molecular complexity index is 855. The molecule has 0 radical (unpaired) electrons. The van der Waals surface area contributed by atoms with Gasteiger partial charge in [0.1, 0.15) is 23.3 Å². The molecule has 7 nitrogen and oxygen atoms in total. The van der Waals surface area contributed by atoms with Crippen molar-refractivity contribution in [3.8, 4) is 0 Å². The van der Waals surface area contributed by atoms with Crippen molar-refractivity contribution in [3.05, 3.63) is 35.4 Å². The predicted octanol–water partition coefficient (Wildman–Crippen LogP) is 3.42. The molecular weight excluding hydrogens is 454 g/mol. The van der Waals surface area contributed by atoms with Crippen LogP contribution in [0, 0.1) is 0 Å². The molecule has 10 heteroatoms. The number of hydrogen-bond acceptors (Lipinski definition) is 5. The first-order valence-electron chi connectivity index (χ1n) is 10.5. The molecule has 178 valence electrons. The molecule has 1 heterocycles. The second-order valence-electron chi connectivity index (χ2n) is 10.3. The van der Waals surface area contributed by atoms with Crippen molar-refractivity contribution in [2.24, 2.45) is 0 Å². The molecule has 0 bridgehead atoms. The Kier molecular flexibility index (Phi) is 8.68. The Morgan fingerprint density at radius 2 is 1.77 bits per heavy atom. The second-order valence-corrected chi connectivity index (χ2v) is 19.7. The number of hydrogen-bond donors (Lipinski definition) is 1. The fourth-order valence-electron chi connectivity index (χ4n) is 3.17. The Morgan fingerprint density at radius 3 is 2.19 bits per heavy atom. The number of nitrogens with zero attached hydrogens (tertiary/aromatic N) is 1. The lowest BCUT2D eigenvalue weighted by Crippen LogP contribution is -2.62. The van der Waals surface area contributed by atoms with Gasteiger partial charge >= 0.3 is 0 Å². The van der Waals surface area contributed by atoms with Crippen LogP contribution in [-0.4, -0.2) is 66.6 Å². The van der Waals surface area contributed by atoms with E-state index in [0.29, 0.717) is 19.8 Å². The van der Waals surface area contributed by atoms with Crippen molar-refractivity contribution in [1.29, 1.82) is 0 Å². The third kappa shape index (κ3) is 7.73. The van der Waals surface area contributed by atoms with Crippen molar-refractivity contribution in [2.75, 3.05) is 32.3 Å². The zero-order valence-electron chi connectivity index (χ0n) is 19.5. The van der Waals surface area contributed by atoms with E-state index >= 15 is 0 Å². The second kappa shape index (κ2) is 10.1. The Labute approximate surface area is 190 Å². The van der Waals surface area contributed by atoms with Crippen molar-refractivity contribution in [2.45, 2.75) is 63.2 Å². The number of ether oxygens (including phenoxy) is 2. The molecule has 1 aromatic rings. The van der Waals surface area contributed by atoms with Crippen molar-refractivity contribution < 1.29 is 26.7 Å². The first-order valence-corrected chi connectivity index (χ1v) is 17.0. The van der Waals surface area contributed by atoms with E-state index in [4.69, 9.17) is 14.0 Å².